The number of rotatable bonds is 5. The van der Waals surface area contributed by atoms with Gasteiger partial charge in [-0.3, -0.25) is 14.5 Å². The lowest BCUT2D eigenvalue weighted by Crippen LogP contribution is -2.42. The second-order valence-corrected chi connectivity index (χ2v) is 8.04. The number of anilines is 1. The van der Waals surface area contributed by atoms with Crippen LogP contribution in [0.3, 0.4) is 0 Å². The Kier molecular flexibility index (Phi) is 4.97. The van der Waals surface area contributed by atoms with Crippen molar-refractivity contribution in [3.8, 4) is 5.75 Å². The van der Waals surface area contributed by atoms with Gasteiger partial charge in [-0.15, -0.1) is 0 Å². The van der Waals surface area contributed by atoms with E-state index in [1.165, 1.54) is 18.2 Å². The summed E-state index contributed by atoms with van der Waals surface area (Å²) in [5.41, 5.74) is 3.52. The number of hydrogen-bond donors (Lipinski definition) is 2. The smallest absolute Gasteiger partial charge is 0.325 e. The molecule has 1 saturated heterocycles. The lowest BCUT2D eigenvalue weighted by atomic mass is 9.89. The van der Waals surface area contributed by atoms with Crippen LogP contribution in [0.15, 0.2) is 36.4 Å². The van der Waals surface area contributed by atoms with Gasteiger partial charge >= 0.3 is 6.03 Å². The Morgan fingerprint density at radius 2 is 1.93 bits per heavy atom. The first-order valence-electron chi connectivity index (χ1n) is 10.0. The van der Waals surface area contributed by atoms with Crippen LogP contribution in [0.2, 0.25) is 0 Å². The molecule has 2 aliphatic rings. The number of aryl methyl sites for hydroxylation is 3. The fraction of sp³-hybridized carbons (Fsp3) is 0.348. The van der Waals surface area contributed by atoms with Crippen molar-refractivity contribution in [2.24, 2.45) is 0 Å². The number of fused-ring (bicyclic) bond motifs is 1. The molecule has 7 heteroatoms. The second kappa shape index (κ2) is 7.48. The van der Waals surface area contributed by atoms with E-state index < -0.39 is 23.4 Å². The SMILES string of the molecule is COc1ccc(C)cc1NC(=O)CN1C(=O)N[C@@](C)(c2ccc3c(c2)CCC3)C1=O. The summed E-state index contributed by atoms with van der Waals surface area (Å²) in [4.78, 5) is 39.3. The molecule has 2 N–H and O–H groups in total. The van der Waals surface area contributed by atoms with Crippen LogP contribution in [0.1, 0.15) is 35.6 Å². The summed E-state index contributed by atoms with van der Waals surface area (Å²) < 4.78 is 5.27. The Morgan fingerprint density at radius 1 is 1.17 bits per heavy atom. The third-order valence-electron chi connectivity index (χ3n) is 5.88. The topological polar surface area (TPSA) is 87.7 Å². The summed E-state index contributed by atoms with van der Waals surface area (Å²) in [5, 5.41) is 5.50. The van der Waals surface area contributed by atoms with Crippen LogP contribution in [0.4, 0.5) is 10.5 Å². The lowest BCUT2D eigenvalue weighted by molar-refractivity contribution is -0.133. The maximum Gasteiger partial charge on any atom is 0.325 e. The third kappa shape index (κ3) is 3.40. The van der Waals surface area contributed by atoms with Crippen molar-refractivity contribution >= 4 is 23.5 Å². The van der Waals surface area contributed by atoms with Crippen molar-refractivity contribution in [3.05, 3.63) is 58.7 Å². The highest BCUT2D eigenvalue weighted by Gasteiger charge is 2.49. The number of nitrogens with one attached hydrogen (secondary N) is 2. The minimum atomic E-state index is -1.18. The van der Waals surface area contributed by atoms with Gasteiger partial charge in [0.05, 0.1) is 12.8 Å². The van der Waals surface area contributed by atoms with Crippen LogP contribution in [-0.4, -0.2) is 36.4 Å². The lowest BCUT2D eigenvalue weighted by Gasteiger charge is -2.23. The van der Waals surface area contributed by atoms with Crippen LogP contribution >= 0.6 is 0 Å². The molecule has 0 aromatic heterocycles. The summed E-state index contributed by atoms with van der Waals surface area (Å²) in [5.74, 6) is -0.397. The van der Waals surface area contributed by atoms with Gasteiger partial charge in [-0.1, -0.05) is 24.3 Å². The molecule has 1 aliphatic heterocycles. The van der Waals surface area contributed by atoms with Gasteiger partial charge in [0.25, 0.3) is 5.91 Å². The fourth-order valence-corrected chi connectivity index (χ4v) is 4.17. The molecule has 2 aromatic rings. The van der Waals surface area contributed by atoms with E-state index in [-0.39, 0.29) is 6.54 Å². The van der Waals surface area contributed by atoms with E-state index in [1.807, 2.05) is 31.2 Å². The zero-order valence-electron chi connectivity index (χ0n) is 17.4. The van der Waals surface area contributed by atoms with Gasteiger partial charge in [0.2, 0.25) is 5.91 Å². The number of urea groups is 1. The van der Waals surface area contributed by atoms with Crippen molar-refractivity contribution in [1.82, 2.24) is 10.2 Å². The first-order valence-corrected chi connectivity index (χ1v) is 10.0. The number of nitrogens with zero attached hydrogens (tertiary/aromatic N) is 1. The van der Waals surface area contributed by atoms with Crippen LogP contribution in [0, 0.1) is 6.92 Å². The summed E-state index contributed by atoms with van der Waals surface area (Å²) in [7, 11) is 1.51. The Balaban J connectivity index is 1.52. The Hall–Kier alpha value is -3.35. The van der Waals surface area contributed by atoms with E-state index in [9.17, 15) is 14.4 Å². The van der Waals surface area contributed by atoms with Crippen molar-refractivity contribution in [2.45, 2.75) is 38.6 Å². The minimum absolute atomic E-state index is 0.373. The van der Waals surface area contributed by atoms with Gasteiger partial charge < -0.3 is 15.4 Å². The van der Waals surface area contributed by atoms with Crippen LogP contribution in [-0.2, 0) is 28.0 Å². The van der Waals surface area contributed by atoms with Gasteiger partial charge in [0, 0.05) is 0 Å². The number of imide groups is 1. The standard InChI is InChI=1S/C23H25N3O4/c1-14-7-10-19(30-3)18(11-14)24-20(27)13-26-21(28)23(2,25-22(26)29)17-9-8-15-5-4-6-16(15)12-17/h7-12H,4-6,13H2,1-3H3,(H,24,27)(H,25,29)/t23-/m0/s1. The number of carbonyl (C=O) groups is 3. The monoisotopic (exact) mass is 407 g/mol. The van der Waals surface area contributed by atoms with Gasteiger partial charge in [0.1, 0.15) is 17.8 Å². The van der Waals surface area contributed by atoms with Gasteiger partial charge in [0.15, 0.2) is 0 Å². The predicted octanol–water partition coefficient (Wildman–Crippen LogP) is 2.90. The van der Waals surface area contributed by atoms with E-state index in [4.69, 9.17) is 4.74 Å². The number of carbonyl (C=O) groups excluding carboxylic acids is 3. The first-order chi connectivity index (χ1) is 14.3. The maximum absolute atomic E-state index is 13.1. The quantitative estimate of drug-likeness (QED) is 0.746. The number of methoxy groups -OCH3 is 1. The molecule has 0 radical (unpaired) electrons. The predicted molar refractivity (Wildman–Crippen MR) is 112 cm³/mol. The van der Waals surface area contributed by atoms with E-state index in [1.54, 1.807) is 19.1 Å². The minimum Gasteiger partial charge on any atom is -0.495 e. The zero-order chi connectivity index (χ0) is 21.5. The average Bonchev–Trinajstić information content (AvgIpc) is 3.26. The highest BCUT2D eigenvalue weighted by atomic mass is 16.5. The van der Waals surface area contributed by atoms with Crippen LogP contribution in [0.5, 0.6) is 5.75 Å². The molecule has 0 spiro atoms. The largest absolute Gasteiger partial charge is 0.495 e. The first kappa shape index (κ1) is 19.9. The molecule has 4 amide bonds. The molecule has 0 saturated carbocycles. The number of hydrogen-bond acceptors (Lipinski definition) is 4. The summed E-state index contributed by atoms with van der Waals surface area (Å²) in [6.45, 7) is 3.21. The normalized spacial score (nSPS) is 20.2. The highest BCUT2D eigenvalue weighted by molar-refractivity contribution is 6.10. The Morgan fingerprint density at radius 3 is 2.70 bits per heavy atom. The van der Waals surface area contributed by atoms with E-state index in [0.29, 0.717) is 11.4 Å². The summed E-state index contributed by atoms with van der Waals surface area (Å²) >= 11 is 0. The molecule has 1 aliphatic carbocycles. The Labute approximate surface area is 175 Å². The van der Waals surface area contributed by atoms with Crippen LogP contribution < -0.4 is 15.4 Å². The Bertz CT molecular complexity index is 1050. The van der Waals surface area contributed by atoms with Gasteiger partial charge in [-0.05, 0) is 67.5 Å². The molecular weight excluding hydrogens is 382 g/mol. The molecule has 156 valence electrons. The van der Waals surface area contributed by atoms with Crippen molar-refractivity contribution in [2.75, 3.05) is 19.0 Å². The molecule has 2 aromatic carbocycles. The van der Waals surface area contributed by atoms with Crippen LogP contribution in [0.25, 0.3) is 0 Å². The van der Waals surface area contributed by atoms with Gasteiger partial charge in [-0.25, -0.2) is 4.79 Å². The van der Waals surface area contributed by atoms with E-state index in [0.717, 1.165) is 35.3 Å². The number of amides is 4. The molecular formula is C23H25N3O4. The highest BCUT2D eigenvalue weighted by Crippen LogP contribution is 2.32. The van der Waals surface area contributed by atoms with Gasteiger partial charge in [-0.2, -0.15) is 0 Å². The summed E-state index contributed by atoms with van der Waals surface area (Å²) in [6, 6.07) is 10.7. The zero-order valence-corrected chi connectivity index (χ0v) is 17.4. The van der Waals surface area contributed by atoms with Crippen molar-refractivity contribution in [3.63, 3.8) is 0 Å². The molecule has 0 bridgehead atoms. The molecule has 1 fully saturated rings. The molecule has 0 unspecified atom stereocenters. The molecule has 1 atom stereocenters. The van der Waals surface area contributed by atoms with E-state index >= 15 is 0 Å². The van der Waals surface area contributed by atoms with Crippen molar-refractivity contribution < 1.29 is 19.1 Å². The molecule has 7 nitrogen and oxygen atoms in total. The fourth-order valence-electron chi connectivity index (χ4n) is 4.17. The maximum atomic E-state index is 13.1. The number of ether oxygens (including phenoxy) is 1. The number of benzene rings is 2. The van der Waals surface area contributed by atoms with Crippen molar-refractivity contribution in [1.29, 1.82) is 0 Å². The van der Waals surface area contributed by atoms with E-state index in [2.05, 4.69) is 10.6 Å². The molecule has 1 heterocycles. The molecule has 4 rings (SSSR count). The second-order valence-electron chi connectivity index (χ2n) is 8.04. The average molecular weight is 407 g/mol. The molecule has 30 heavy (non-hydrogen) atoms. The third-order valence-corrected chi connectivity index (χ3v) is 5.88. The summed E-state index contributed by atoms with van der Waals surface area (Å²) in [6.07, 6.45) is 3.12.